The van der Waals surface area contributed by atoms with Crippen LogP contribution in [0, 0.1) is 0 Å². The molecule has 0 spiro atoms. The maximum absolute atomic E-state index is 11.6. The van der Waals surface area contributed by atoms with Gasteiger partial charge < -0.3 is 15.4 Å². The van der Waals surface area contributed by atoms with Crippen LogP contribution in [-0.4, -0.2) is 28.0 Å². The maximum Gasteiger partial charge on any atom is 0.326 e. The van der Waals surface area contributed by atoms with Gasteiger partial charge in [0.2, 0.25) is 0 Å². The van der Waals surface area contributed by atoms with Gasteiger partial charge in [0.1, 0.15) is 11.7 Å². The number of carboxylic acids is 1. The van der Waals surface area contributed by atoms with Crippen molar-refractivity contribution in [2.75, 3.05) is 0 Å². The highest BCUT2D eigenvalue weighted by Crippen LogP contribution is 2.01. The van der Waals surface area contributed by atoms with E-state index in [1.807, 2.05) is 0 Å². The number of carbonyl (C=O) groups is 2. The third-order valence-electron chi connectivity index (χ3n) is 2.11. The lowest BCUT2D eigenvalue weighted by Gasteiger charge is -2.12. The van der Waals surface area contributed by atoms with Gasteiger partial charge >= 0.3 is 5.97 Å². The largest absolute Gasteiger partial charge is 0.480 e. The fourth-order valence-corrected chi connectivity index (χ4v) is 1.25. The summed E-state index contributed by atoms with van der Waals surface area (Å²) in [5.41, 5.74) is 0.352. The Morgan fingerprint density at radius 1 is 1.62 bits per heavy atom. The summed E-state index contributed by atoms with van der Waals surface area (Å²) in [7, 11) is 0. The van der Waals surface area contributed by atoms with E-state index in [4.69, 9.17) is 5.11 Å². The first-order valence-electron chi connectivity index (χ1n) is 4.93. The quantitative estimate of drug-likeness (QED) is 0.632. The molecular weight excluding hydrogens is 208 g/mol. The molecule has 1 aromatic heterocycles. The summed E-state index contributed by atoms with van der Waals surface area (Å²) in [6.07, 6.45) is 4.11. The third-order valence-corrected chi connectivity index (χ3v) is 2.11. The zero-order chi connectivity index (χ0) is 12.0. The summed E-state index contributed by atoms with van der Waals surface area (Å²) in [5, 5.41) is 11.3. The molecule has 1 amide bonds. The number of carbonyl (C=O) groups excluding carboxylic acids is 1. The standard InChI is InChI=1S/C11H14N2O3/c1-2-3-5-9(11(15)16)13-10(14)8-6-4-7-12-8/h2,4,6-7,9,12H,1,3,5H2,(H,13,14)(H,15,16). The number of hydrogen-bond acceptors (Lipinski definition) is 2. The highest BCUT2D eigenvalue weighted by atomic mass is 16.4. The van der Waals surface area contributed by atoms with Crippen LogP contribution in [-0.2, 0) is 4.79 Å². The molecule has 0 aromatic carbocycles. The van der Waals surface area contributed by atoms with Gasteiger partial charge in [-0.25, -0.2) is 4.79 Å². The molecule has 0 saturated heterocycles. The molecule has 0 fully saturated rings. The molecule has 0 radical (unpaired) electrons. The van der Waals surface area contributed by atoms with Gasteiger partial charge in [0.05, 0.1) is 0 Å². The number of aliphatic carboxylic acids is 1. The van der Waals surface area contributed by atoms with Gasteiger partial charge in [0, 0.05) is 6.20 Å². The lowest BCUT2D eigenvalue weighted by molar-refractivity contribution is -0.139. The summed E-state index contributed by atoms with van der Waals surface area (Å²) >= 11 is 0. The predicted molar refractivity (Wildman–Crippen MR) is 59.1 cm³/mol. The third kappa shape index (κ3) is 3.27. The molecule has 5 nitrogen and oxygen atoms in total. The van der Waals surface area contributed by atoms with Crippen molar-refractivity contribution < 1.29 is 14.7 Å². The average molecular weight is 222 g/mol. The number of aromatic amines is 1. The number of aromatic nitrogens is 1. The van der Waals surface area contributed by atoms with Gasteiger partial charge in [-0.2, -0.15) is 0 Å². The van der Waals surface area contributed by atoms with E-state index in [-0.39, 0.29) is 0 Å². The van der Waals surface area contributed by atoms with Crippen molar-refractivity contribution in [3.8, 4) is 0 Å². The Hall–Kier alpha value is -2.04. The first-order valence-corrected chi connectivity index (χ1v) is 4.93. The molecule has 0 bridgehead atoms. The Morgan fingerprint density at radius 2 is 2.38 bits per heavy atom. The minimum absolute atomic E-state index is 0.339. The van der Waals surface area contributed by atoms with Crippen LogP contribution in [0.2, 0.25) is 0 Å². The molecule has 1 rings (SSSR count). The van der Waals surface area contributed by atoms with Crippen LogP contribution < -0.4 is 5.32 Å². The molecule has 1 unspecified atom stereocenters. The van der Waals surface area contributed by atoms with Crippen LogP contribution in [0.5, 0.6) is 0 Å². The second kappa shape index (κ2) is 5.75. The SMILES string of the molecule is C=CCCC(NC(=O)c1ccc[nH]1)C(=O)O. The Morgan fingerprint density at radius 3 is 2.88 bits per heavy atom. The van der Waals surface area contributed by atoms with Gasteiger partial charge in [-0.15, -0.1) is 6.58 Å². The molecular formula is C11H14N2O3. The van der Waals surface area contributed by atoms with Crippen molar-refractivity contribution in [2.45, 2.75) is 18.9 Å². The van der Waals surface area contributed by atoms with Gasteiger partial charge in [0.15, 0.2) is 0 Å². The van der Waals surface area contributed by atoms with Crippen LogP contribution in [0.1, 0.15) is 23.3 Å². The Kier molecular flexibility index (Phi) is 4.32. The summed E-state index contributed by atoms with van der Waals surface area (Å²) in [4.78, 5) is 25.1. The smallest absolute Gasteiger partial charge is 0.326 e. The zero-order valence-corrected chi connectivity index (χ0v) is 8.77. The fourth-order valence-electron chi connectivity index (χ4n) is 1.25. The highest BCUT2D eigenvalue weighted by Gasteiger charge is 2.19. The zero-order valence-electron chi connectivity index (χ0n) is 8.77. The summed E-state index contributed by atoms with van der Waals surface area (Å²) in [6.45, 7) is 3.51. The summed E-state index contributed by atoms with van der Waals surface area (Å²) < 4.78 is 0. The topological polar surface area (TPSA) is 82.2 Å². The van der Waals surface area contributed by atoms with Crippen LogP contribution in [0.25, 0.3) is 0 Å². The number of rotatable bonds is 6. The van der Waals surface area contributed by atoms with Gasteiger partial charge in [-0.1, -0.05) is 6.08 Å². The molecule has 1 heterocycles. The van der Waals surface area contributed by atoms with E-state index < -0.39 is 17.9 Å². The number of allylic oxidation sites excluding steroid dienone is 1. The van der Waals surface area contributed by atoms with E-state index in [0.29, 0.717) is 18.5 Å². The normalized spacial score (nSPS) is 11.8. The number of amides is 1. The van der Waals surface area contributed by atoms with Crippen LogP contribution >= 0.6 is 0 Å². The lowest BCUT2D eigenvalue weighted by Crippen LogP contribution is -2.40. The molecule has 5 heteroatoms. The van der Waals surface area contributed by atoms with Crippen molar-refractivity contribution in [1.29, 1.82) is 0 Å². The van der Waals surface area contributed by atoms with Crippen molar-refractivity contribution in [1.82, 2.24) is 10.3 Å². The first-order chi connectivity index (χ1) is 7.65. The Balaban J connectivity index is 2.58. The number of H-pyrrole nitrogens is 1. The van der Waals surface area contributed by atoms with Crippen molar-refractivity contribution >= 4 is 11.9 Å². The molecule has 0 aliphatic carbocycles. The van der Waals surface area contributed by atoms with E-state index in [1.54, 1.807) is 24.4 Å². The first kappa shape index (κ1) is 12.0. The van der Waals surface area contributed by atoms with Gasteiger partial charge in [-0.3, -0.25) is 4.79 Å². The summed E-state index contributed by atoms with van der Waals surface area (Å²) in [5.74, 6) is -1.46. The lowest BCUT2D eigenvalue weighted by atomic mass is 10.1. The number of carboxylic acid groups (broad SMARTS) is 1. The minimum atomic E-state index is -1.04. The molecule has 1 atom stereocenters. The van der Waals surface area contributed by atoms with E-state index in [9.17, 15) is 9.59 Å². The molecule has 86 valence electrons. The molecule has 16 heavy (non-hydrogen) atoms. The van der Waals surface area contributed by atoms with Gasteiger partial charge in [-0.05, 0) is 25.0 Å². The van der Waals surface area contributed by atoms with E-state index in [0.717, 1.165) is 0 Å². The van der Waals surface area contributed by atoms with Crippen molar-refractivity contribution in [3.05, 3.63) is 36.7 Å². The minimum Gasteiger partial charge on any atom is -0.480 e. The molecule has 0 aliphatic rings. The average Bonchev–Trinajstić information content (AvgIpc) is 2.76. The molecule has 3 N–H and O–H groups in total. The molecule has 0 saturated carbocycles. The van der Waals surface area contributed by atoms with Crippen molar-refractivity contribution in [2.24, 2.45) is 0 Å². The Bertz CT molecular complexity index is 371. The second-order valence-electron chi connectivity index (χ2n) is 3.31. The van der Waals surface area contributed by atoms with Crippen molar-refractivity contribution in [3.63, 3.8) is 0 Å². The fraction of sp³-hybridized carbons (Fsp3) is 0.273. The Labute approximate surface area is 93.2 Å². The monoisotopic (exact) mass is 222 g/mol. The van der Waals surface area contributed by atoms with Crippen LogP contribution in [0.4, 0.5) is 0 Å². The molecule has 0 aliphatic heterocycles. The van der Waals surface area contributed by atoms with Crippen LogP contribution in [0.15, 0.2) is 31.0 Å². The van der Waals surface area contributed by atoms with Crippen LogP contribution in [0.3, 0.4) is 0 Å². The van der Waals surface area contributed by atoms with Gasteiger partial charge in [0.25, 0.3) is 5.91 Å². The van der Waals surface area contributed by atoms with E-state index in [1.165, 1.54) is 0 Å². The number of hydrogen-bond donors (Lipinski definition) is 3. The second-order valence-corrected chi connectivity index (χ2v) is 3.31. The maximum atomic E-state index is 11.6. The van der Waals surface area contributed by atoms with E-state index >= 15 is 0 Å². The summed E-state index contributed by atoms with van der Waals surface area (Å²) in [6, 6.07) is 2.38. The number of nitrogens with one attached hydrogen (secondary N) is 2. The van der Waals surface area contributed by atoms with E-state index in [2.05, 4.69) is 16.9 Å². The molecule has 1 aromatic rings. The highest BCUT2D eigenvalue weighted by molar-refractivity contribution is 5.94. The predicted octanol–water partition coefficient (Wildman–Crippen LogP) is 1.16.